The number of rotatable bonds is 5. The summed E-state index contributed by atoms with van der Waals surface area (Å²) in [5, 5.41) is 7.72. The van der Waals surface area contributed by atoms with E-state index in [0.29, 0.717) is 6.54 Å². The summed E-state index contributed by atoms with van der Waals surface area (Å²) < 4.78 is 0. The monoisotopic (exact) mass is 330 g/mol. The minimum atomic E-state index is -0.442. The second kappa shape index (κ2) is 7.42. The van der Waals surface area contributed by atoms with Crippen molar-refractivity contribution in [2.75, 3.05) is 11.9 Å². The van der Waals surface area contributed by atoms with Crippen molar-refractivity contribution in [2.24, 2.45) is 5.41 Å². The summed E-state index contributed by atoms with van der Waals surface area (Å²) in [5.74, 6) is -0.160. The quantitative estimate of drug-likeness (QED) is 0.873. The first-order chi connectivity index (χ1) is 10.9. The van der Waals surface area contributed by atoms with E-state index in [-0.39, 0.29) is 18.2 Å². The zero-order valence-electron chi connectivity index (χ0n) is 13.7. The van der Waals surface area contributed by atoms with Gasteiger partial charge in [-0.2, -0.15) is 0 Å². The fraction of sp³-hybridized carbons (Fsp3) is 0.333. The van der Waals surface area contributed by atoms with Crippen LogP contribution in [0.1, 0.15) is 27.2 Å². The number of anilines is 1. The molecule has 1 heterocycles. The molecule has 0 saturated carbocycles. The summed E-state index contributed by atoms with van der Waals surface area (Å²) in [7, 11) is 0. The molecule has 5 heteroatoms. The zero-order chi connectivity index (χ0) is 16.9. The molecule has 0 saturated heterocycles. The Labute approximate surface area is 140 Å². The van der Waals surface area contributed by atoms with Gasteiger partial charge in [0.2, 0.25) is 11.8 Å². The van der Waals surface area contributed by atoms with Gasteiger partial charge in [-0.3, -0.25) is 9.59 Å². The molecule has 4 nitrogen and oxygen atoms in total. The third-order valence-electron chi connectivity index (χ3n) is 3.31. The molecule has 0 aliphatic rings. The molecule has 1 aromatic carbocycles. The third kappa shape index (κ3) is 4.93. The Balaban J connectivity index is 1.93. The second-order valence-corrected chi connectivity index (χ2v) is 7.27. The molecular formula is C18H22N2O2S. The molecule has 1 aromatic heterocycles. The zero-order valence-corrected chi connectivity index (χ0v) is 14.5. The van der Waals surface area contributed by atoms with Crippen LogP contribution in [-0.4, -0.2) is 18.4 Å². The van der Waals surface area contributed by atoms with E-state index < -0.39 is 5.41 Å². The van der Waals surface area contributed by atoms with Crippen molar-refractivity contribution in [3.8, 4) is 10.4 Å². The largest absolute Gasteiger partial charge is 0.355 e. The highest BCUT2D eigenvalue weighted by Crippen LogP contribution is 2.31. The topological polar surface area (TPSA) is 58.2 Å². The minimum Gasteiger partial charge on any atom is -0.355 e. The summed E-state index contributed by atoms with van der Waals surface area (Å²) in [4.78, 5) is 25.0. The molecule has 2 rings (SSSR count). The van der Waals surface area contributed by atoms with Crippen LogP contribution in [0.3, 0.4) is 0 Å². The molecule has 122 valence electrons. The van der Waals surface area contributed by atoms with Crippen LogP contribution in [0.25, 0.3) is 10.4 Å². The van der Waals surface area contributed by atoms with E-state index in [9.17, 15) is 9.59 Å². The van der Waals surface area contributed by atoms with Gasteiger partial charge in [0.25, 0.3) is 0 Å². The van der Waals surface area contributed by atoms with E-state index in [0.717, 1.165) is 16.1 Å². The Kier molecular flexibility index (Phi) is 5.55. The van der Waals surface area contributed by atoms with Gasteiger partial charge < -0.3 is 10.6 Å². The number of thiophene rings is 1. The molecule has 0 fully saturated rings. The molecule has 2 aromatic rings. The summed E-state index contributed by atoms with van der Waals surface area (Å²) in [6.07, 6.45) is 0.251. The van der Waals surface area contributed by atoms with E-state index in [1.807, 2.05) is 62.5 Å². The standard InChI is InChI=1S/C18H22N2O2S/c1-18(2,3)17(22)19-11-10-16(21)20-14-8-5-4-7-13(14)15-9-6-12-23-15/h4-9,12H,10-11H2,1-3H3,(H,19,22)(H,20,21). The van der Waals surface area contributed by atoms with Crippen molar-refractivity contribution in [1.82, 2.24) is 5.32 Å². The Morgan fingerprint density at radius 2 is 1.83 bits per heavy atom. The summed E-state index contributed by atoms with van der Waals surface area (Å²) in [5.41, 5.74) is 1.36. The molecule has 0 radical (unpaired) electrons. The Bertz CT molecular complexity index is 673. The van der Waals surface area contributed by atoms with Crippen LogP contribution in [0, 0.1) is 5.41 Å². The number of carbonyl (C=O) groups excluding carboxylic acids is 2. The number of nitrogens with one attached hydrogen (secondary N) is 2. The van der Waals surface area contributed by atoms with Crippen LogP contribution in [0.4, 0.5) is 5.69 Å². The SMILES string of the molecule is CC(C)(C)C(=O)NCCC(=O)Nc1ccccc1-c1cccs1. The van der Waals surface area contributed by atoms with Crippen molar-refractivity contribution >= 4 is 28.8 Å². The van der Waals surface area contributed by atoms with Gasteiger partial charge in [-0.25, -0.2) is 0 Å². The molecular weight excluding hydrogens is 308 g/mol. The highest BCUT2D eigenvalue weighted by atomic mass is 32.1. The lowest BCUT2D eigenvalue weighted by molar-refractivity contribution is -0.128. The van der Waals surface area contributed by atoms with Gasteiger partial charge in [-0.15, -0.1) is 11.3 Å². The van der Waals surface area contributed by atoms with Gasteiger partial charge in [0, 0.05) is 34.5 Å². The Morgan fingerprint density at radius 1 is 1.09 bits per heavy atom. The van der Waals surface area contributed by atoms with E-state index in [2.05, 4.69) is 10.6 Å². The normalized spacial score (nSPS) is 11.1. The number of hydrogen-bond acceptors (Lipinski definition) is 3. The van der Waals surface area contributed by atoms with E-state index in [4.69, 9.17) is 0 Å². The van der Waals surface area contributed by atoms with Crippen LogP contribution in [0.15, 0.2) is 41.8 Å². The predicted octanol–water partition coefficient (Wildman–Crippen LogP) is 3.91. The molecule has 0 spiro atoms. The number of para-hydroxylation sites is 1. The highest BCUT2D eigenvalue weighted by Gasteiger charge is 2.20. The summed E-state index contributed by atoms with van der Waals surface area (Å²) >= 11 is 1.63. The van der Waals surface area contributed by atoms with Crippen molar-refractivity contribution in [1.29, 1.82) is 0 Å². The summed E-state index contributed by atoms with van der Waals surface area (Å²) in [6, 6.07) is 11.7. The van der Waals surface area contributed by atoms with Crippen molar-refractivity contribution in [3.63, 3.8) is 0 Å². The van der Waals surface area contributed by atoms with Gasteiger partial charge in [-0.05, 0) is 17.5 Å². The average molecular weight is 330 g/mol. The van der Waals surface area contributed by atoms with E-state index >= 15 is 0 Å². The van der Waals surface area contributed by atoms with Crippen molar-refractivity contribution in [2.45, 2.75) is 27.2 Å². The van der Waals surface area contributed by atoms with Crippen molar-refractivity contribution in [3.05, 3.63) is 41.8 Å². The average Bonchev–Trinajstić information content (AvgIpc) is 3.00. The molecule has 0 aliphatic carbocycles. The Morgan fingerprint density at radius 3 is 2.48 bits per heavy atom. The number of benzene rings is 1. The second-order valence-electron chi connectivity index (χ2n) is 6.33. The minimum absolute atomic E-state index is 0.0516. The van der Waals surface area contributed by atoms with Gasteiger partial charge in [0.1, 0.15) is 0 Å². The predicted molar refractivity (Wildman–Crippen MR) is 95.5 cm³/mol. The maximum Gasteiger partial charge on any atom is 0.226 e. The molecule has 23 heavy (non-hydrogen) atoms. The lowest BCUT2D eigenvalue weighted by Gasteiger charge is -2.17. The lowest BCUT2D eigenvalue weighted by atomic mass is 9.96. The lowest BCUT2D eigenvalue weighted by Crippen LogP contribution is -2.36. The first kappa shape index (κ1) is 17.2. The molecule has 0 aliphatic heterocycles. The summed E-state index contributed by atoms with van der Waals surface area (Å²) in [6.45, 7) is 5.88. The van der Waals surface area contributed by atoms with Crippen LogP contribution in [0.2, 0.25) is 0 Å². The first-order valence-corrected chi connectivity index (χ1v) is 8.47. The fourth-order valence-corrected chi connectivity index (χ4v) is 2.77. The molecule has 0 unspecified atom stereocenters. The number of carbonyl (C=O) groups is 2. The molecule has 0 atom stereocenters. The number of amides is 2. The van der Waals surface area contributed by atoms with Gasteiger partial charge >= 0.3 is 0 Å². The maximum absolute atomic E-state index is 12.1. The van der Waals surface area contributed by atoms with Crippen LogP contribution >= 0.6 is 11.3 Å². The molecule has 2 amide bonds. The maximum atomic E-state index is 12.1. The molecule has 0 bridgehead atoms. The van der Waals surface area contributed by atoms with Crippen molar-refractivity contribution < 1.29 is 9.59 Å². The van der Waals surface area contributed by atoms with Crippen LogP contribution < -0.4 is 10.6 Å². The Hall–Kier alpha value is -2.14. The van der Waals surface area contributed by atoms with Crippen LogP contribution in [-0.2, 0) is 9.59 Å². The van der Waals surface area contributed by atoms with E-state index in [1.165, 1.54) is 0 Å². The van der Waals surface area contributed by atoms with Gasteiger partial charge in [-0.1, -0.05) is 45.0 Å². The van der Waals surface area contributed by atoms with Gasteiger partial charge in [0.15, 0.2) is 0 Å². The third-order valence-corrected chi connectivity index (χ3v) is 4.21. The number of hydrogen-bond donors (Lipinski definition) is 2. The highest BCUT2D eigenvalue weighted by molar-refractivity contribution is 7.13. The fourth-order valence-electron chi connectivity index (χ4n) is 2.01. The van der Waals surface area contributed by atoms with Crippen LogP contribution in [0.5, 0.6) is 0 Å². The molecule has 2 N–H and O–H groups in total. The van der Waals surface area contributed by atoms with Gasteiger partial charge in [0.05, 0.1) is 0 Å². The van der Waals surface area contributed by atoms with E-state index in [1.54, 1.807) is 11.3 Å². The smallest absolute Gasteiger partial charge is 0.226 e. The first-order valence-electron chi connectivity index (χ1n) is 7.59.